The summed E-state index contributed by atoms with van der Waals surface area (Å²) in [6.45, 7) is 3.25. The van der Waals surface area contributed by atoms with Gasteiger partial charge in [-0.15, -0.1) is 0 Å². The Kier molecular flexibility index (Phi) is 3.86. The predicted molar refractivity (Wildman–Crippen MR) is 84.5 cm³/mol. The van der Waals surface area contributed by atoms with Crippen molar-refractivity contribution in [1.82, 2.24) is 0 Å². The summed E-state index contributed by atoms with van der Waals surface area (Å²) in [6.07, 6.45) is 6.99. The van der Waals surface area contributed by atoms with Gasteiger partial charge >= 0.3 is 0 Å². The van der Waals surface area contributed by atoms with E-state index in [1.165, 1.54) is 54.4 Å². The largest absolute Gasteiger partial charge is 0.367 e. The van der Waals surface area contributed by atoms with Crippen molar-refractivity contribution in [2.24, 2.45) is 11.7 Å². The molecule has 1 aromatic carbocycles. The molecular formula is C16H23BrN2. The number of nitrogens with two attached hydrogens (primary N) is 1. The number of hydrogen-bond acceptors (Lipinski definition) is 2. The van der Waals surface area contributed by atoms with Crippen molar-refractivity contribution in [2.45, 2.75) is 51.1 Å². The summed E-state index contributed by atoms with van der Waals surface area (Å²) in [4.78, 5) is 2.62. The van der Waals surface area contributed by atoms with E-state index < -0.39 is 0 Å². The third-order valence-electron chi connectivity index (χ3n) is 4.82. The third-order valence-corrected chi connectivity index (χ3v) is 5.45. The normalized spacial score (nSPS) is 28.3. The van der Waals surface area contributed by atoms with Crippen LogP contribution in [0.15, 0.2) is 22.7 Å². The molecule has 1 aliphatic carbocycles. The van der Waals surface area contributed by atoms with E-state index in [-0.39, 0.29) is 6.04 Å². The minimum atomic E-state index is 0.103. The molecule has 0 radical (unpaired) electrons. The van der Waals surface area contributed by atoms with Crippen molar-refractivity contribution in [3.63, 3.8) is 0 Å². The van der Waals surface area contributed by atoms with Crippen molar-refractivity contribution in [1.29, 1.82) is 0 Å². The number of nitrogens with zero attached hydrogens (tertiary/aromatic N) is 1. The Morgan fingerprint density at radius 1 is 1.26 bits per heavy atom. The fourth-order valence-corrected chi connectivity index (χ4v) is 4.37. The molecule has 2 aliphatic rings. The summed E-state index contributed by atoms with van der Waals surface area (Å²) in [5, 5.41) is 0. The van der Waals surface area contributed by atoms with Crippen LogP contribution in [-0.4, -0.2) is 12.6 Å². The summed E-state index contributed by atoms with van der Waals surface area (Å²) in [7, 11) is 0. The fourth-order valence-electron chi connectivity index (χ4n) is 3.74. The van der Waals surface area contributed by atoms with Crippen LogP contribution in [0, 0.1) is 5.92 Å². The number of anilines is 1. The van der Waals surface area contributed by atoms with Crippen LogP contribution < -0.4 is 10.6 Å². The highest BCUT2D eigenvalue weighted by Gasteiger charge is 2.36. The Morgan fingerprint density at radius 2 is 2.05 bits per heavy atom. The highest BCUT2D eigenvalue weighted by atomic mass is 79.9. The summed E-state index contributed by atoms with van der Waals surface area (Å²) >= 11 is 3.74. The number of benzene rings is 1. The van der Waals surface area contributed by atoms with Gasteiger partial charge in [0.25, 0.3) is 0 Å². The molecule has 0 amide bonds. The quantitative estimate of drug-likeness (QED) is 0.882. The molecule has 2 nitrogen and oxygen atoms in total. The maximum absolute atomic E-state index is 5.96. The summed E-state index contributed by atoms with van der Waals surface area (Å²) in [5.41, 5.74) is 8.52. The number of hydrogen-bond donors (Lipinski definition) is 1. The van der Waals surface area contributed by atoms with Gasteiger partial charge in [-0.3, -0.25) is 0 Å². The lowest BCUT2D eigenvalue weighted by molar-refractivity contribution is 0.342. The zero-order chi connectivity index (χ0) is 13.4. The zero-order valence-electron chi connectivity index (χ0n) is 11.6. The molecule has 104 valence electrons. The Labute approximate surface area is 124 Å². The first-order valence-electron chi connectivity index (χ1n) is 7.48. The lowest BCUT2D eigenvalue weighted by Crippen LogP contribution is -2.34. The van der Waals surface area contributed by atoms with Gasteiger partial charge in [0.05, 0.1) is 5.69 Å². The van der Waals surface area contributed by atoms with Crippen molar-refractivity contribution in [3.05, 3.63) is 28.2 Å². The SMILES string of the molecule is C[C@H](N)c1ccc(N2CCC3CCCCC32)c(Br)c1. The van der Waals surface area contributed by atoms with Crippen LogP contribution in [0.5, 0.6) is 0 Å². The lowest BCUT2D eigenvalue weighted by atomic mass is 9.85. The highest BCUT2D eigenvalue weighted by molar-refractivity contribution is 9.10. The number of fused-ring (bicyclic) bond motifs is 1. The maximum Gasteiger partial charge on any atom is 0.0513 e. The molecule has 3 rings (SSSR count). The Balaban J connectivity index is 1.86. The van der Waals surface area contributed by atoms with E-state index in [0.29, 0.717) is 0 Å². The molecule has 1 saturated heterocycles. The molecule has 1 heterocycles. The van der Waals surface area contributed by atoms with Crippen molar-refractivity contribution < 1.29 is 0 Å². The number of halogens is 1. The molecule has 2 fully saturated rings. The van der Waals surface area contributed by atoms with E-state index in [9.17, 15) is 0 Å². The second-order valence-electron chi connectivity index (χ2n) is 6.09. The molecule has 0 aromatic heterocycles. The van der Waals surface area contributed by atoms with Crippen LogP contribution in [0.3, 0.4) is 0 Å². The first-order valence-corrected chi connectivity index (χ1v) is 8.28. The van der Waals surface area contributed by atoms with Crippen LogP contribution in [0.1, 0.15) is 50.6 Å². The van der Waals surface area contributed by atoms with E-state index >= 15 is 0 Å². The Bertz CT molecular complexity index is 458. The minimum absolute atomic E-state index is 0.103. The molecule has 1 saturated carbocycles. The molecule has 0 spiro atoms. The molecule has 2 N–H and O–H groups in total. The molecule has 3 atom stereocenters. The van der Waals surface area contributed by atoms with E-state index in [4.69, 9.17) is 5.73 Å². The molecule has 1 aliphatic heterocycles. The van der Waals surface area contributed by atoms with E-state index in [2.05, 4.69) is 39.0 Å². The van der Waals surface area contributed by atoms with Gasteiger partial charge in [0.15, 0.2) is 0 Å². The van der Waals surface area contributed by atoms with E-state index in [0.717, 1.165) is 12.0 Å². The van der Waals surface area contributed by atoms with Crippen molar-refractivity contribution >= 4 is 21.6 Å². The zero-order valence-corrected chi connectivity index (χ0v) is 13.2. The van der Waals surface area contributed by atoms with E-state index in [1.54, 1.807) is 0 Å². The Morgan fingerprint density at radius 3 is 2.79 bits per heavy atom. The fraction of sp³-hybridized carbons (Fsp3) is 0.625. The lowest BCUT2D eigenvalue weighted by Gasteiger charge is -2.34. The second-order valence-corrected chi connectivity index (χ2v) is 6.95. The summed E-state index contributed by atoms with van der Waals surface area (Å²) < 4.78 is 1.20. The molecule has 1 aromatic rings. The smallest absolute Gasteiger partial charge is 0.0513 e. The van der Waals surface area contributed by atoms with Gasteiger partial charge < -0.3 is 10.6 Å². The highest BCUT2D eigenvalue weighted by Crippen LogP contribution is 2.41. The van der Waals surface area contributed by atoms with Crippen molar-refractivity contribution in [3.8, 4) is 0 Å². The van der Waals surface area contributed by atoms with Gasteiger partial charge in [0, 0.05) is 23.1 Å². The molecular weight excluding hydrogens is 300 g/mol. The molecule has 0 bridgehead atoms. The van der Waals surface area contributed by atoms with Crippen LogP contribution in [0.25, 0.3) is 0 Å². The molecule has 2 unspecified atom stereocenters. The monoisotopic (exact) mass is 322 g/mol. The van der Waals surface area contributed by atoms with Gasteiger partial charge in [-0.2, -0.15) is 0 Å². The number of rotatable bonds is 2. The van der Waals surface area contributed by atoms with Crippen molar-refractivity contribution in [2.75, 3.05) is 11.4 Å². The summed E-state index contributed by atoms with van der Waals surface area (Å²) in [5.74, 6) is 0.925. The van der Waals surface area contributed by atoms with E-state index in [1.807, 2.05) is 6.92 Å². The molecule has 19 heavy (non-hydrogen) atoms. The minimum Gasteiger partial charge on any atom is -0.367 e. The predicted octanol–water partition coefficient (Wildman–Crippen LogP) is 4.24. The molecule has 3 heteroatoms. The maximum atomic E-state index is 5.96. The second kappa shape index (κ2) is 5.45. The Hall–Kier alpha value is -0.540. The van der Waals surface area contributed by atoms with Gasteiger partial charge in [-0.05, 0) is 65.7 Å². The van der Waals surface area contributed by atoms with Gasteiger partial charge in [0.2, 0.25) is 0 Å². The average molecular weight is 323 g/mol. The van der Waals surface area contributed by atoms with Crippen LogP contribution in [0.2, 0.25) is 0 Å². The standard InChI is InChI=1S/C16H23BrN2/c1-11(18)13-6-7-16(14(17)10-13)19-9-8-12-4-2-3-5-15(12)19/h6-7,10-12,15H,2-5,8-9,18H2,1H3/t11-,12?,15?/m0/s1. The third kappa shape index (κ3) is 2.55. The average Bonchev–Trinajstić information content (AvgIpc) is 2.82. The van der Waals surface area contributed by atoms with Crippen LogP contribution in [-0.2, 0) is 0 Å². The van der Waals surface area contributed by atoms with Crippen LogP contribution in [0.4, 0.5) is 5.69 Å². The first kappa shape index (κ1) is 13.4. The summed E-state index contributed by atoms with van der Waals surface area (Å²) in [6, 6.07) is 7.49. The van der Waals surface area contributed by atoms with Crippen LogP contribution >= 0.6 is 15.9 Å². The van der Waals surface area contributed by atoms with Gasteiger partial charge in [-0.1, -0.05) is 18.9 Å². The van der Waals surface area contributed by atoms with Gasteiger partial charge in [0.1, 0.15) is 0 Å². The van der Waals surface area contributed by atoms with Gasteiger partial charge in [-0.25, -0.2) is 0 Å². The first-order chi connectivity index (χ1) is 9.16. The topological polar surface area (TPSA) is 29.3 Å².